The SMILES string of the molecule is O=C(O)C1OC(Oc2cc3c(c4ccccc24)[C@H](CCl)CN3C(=O)c2ccc(C(=O)N3C[C@@H](CCl)c4c3cc(O)c3ccccc43)s2)C(O)C(O)C1O. The lowest BCUT2D eigenvalue weighted by Crippen LogP contribution is -2.61. The van der Waals surface area contributed by atoms with Crippen LogP contribution in [0.1, 0.15) is 42.3 Å². The number of amides is 2. The highest BCUT2D eigenvalue weighted by atomic mass is 35.5. The van der Waals surface area contributed by atoms with Gasteiger partial charge in [-0.15, -0.1) is 34.5 Å². The van der Waals surface area contributed by atoms with Crippen molar-refractivity contribution in [2.75, 3.05) is 34.6 Å². The van der Waals surface area contributed by atoms with E-state index in [4.69, 9.17) is 32.7 Å². The Labute approximate surface area is 315 Å². The molecule has 5 aromatic rings. The summed E-state index contributed by atoms with van der Waals surface area (Å²) in [5.74, 6) is -2.10. The normalized spacial score (nSPS) is 25.1. The number of halogens is 2. The Morgan fingerprint density at radius 1 is 0.736 bits per heavy atom. The molecule has 1 fully saturated rings. The summed E-state index contributed by atoms with van der Waals surface area (Å²) in [6.45, 7) is 0.520. The molecule has 0 spiro atoms. The van der Waals surface area contributed by atoms with Crippen molar-refractivity contribution >= 4 is 85.2 Å². The van der Waals surface area contributed by atoms with Crippen molar-refractivity contribution in [2.45, 2.75) is 42.5 Å². The van der Waals surface area contributed by atoms with Crippen LogP contribution in [0.3, 0.4) is 0 Å². The smallest absolute Gasteiger partial charge is 0.335 e. The molecule has 1 saturated heterocycles. The Balaban J connectivity index is 1.12. The summed E-state index contributed by atoms with van der Waals surface area (Å²) in [7, 11) is 0. The first-order valence-corrected chi connectivity index (χ1v) is 18.7. The second-order valence-electron chi connectivity index (χ2n) is 13.3. The average Bonchev–Trinajstić information content (AvgIpc) is 3.90. The number of hydrogen-bond acceptors (Lipinski definition) is 10. The maximum absolute atomic E-state index is 14.3. The van der Waals surface area contributed by atoms with Gasteiger partial charge in [-0.25, -0.2) is 4.79 Å². The van der Waals surface area contributed by atoms with Gasteiger partial charge in [0.15, 0.2) is 6.10 Å². The Kier molecular flexibility index (Phi) is 9.22. The lowest BCUT2D eigenvalue weighted by Gasteiger charge is -2.38. The summed E-state index contributed by atoms with van der Waals surface area (Å²) in [5, 5.41) is 54.4. The molecule has 5 N–H and O–H groups in total. The zero-order chi connectivity index (χ0) is 37.3. The first-order chi connectivity index (χ1) is 25.5. The van der Waals surface area contributed by atoms with Crippen LogP contribution in [-0.2, 0) is 9.53 Å². The number of rotatable bonds is 7. The van der Waals surface area contributed by atoms with Crippen LogP contribution in [-0.4, -0.2) is 98.9 Å². The third kappa shape index (κ3) is 5.78. The fourth-order valence-corrected chi connectivity index (χ4v) is 9.09. The number of anilines is 2. The number of fused-ring (bicyclic) bond motifs is 6. The van der Waals surface area contributed by atoms with E-state index in [-0.39, 0.29) is 52.4 Å². The van der Waals surface area contributed by atoms with Gasteiger partial charge < -0.3 is 44.8 Å². The molecule has 0 bridgehead atoms. The van der Waals surface area contributed by atoms with Gasteiger partial charge in [0.2, 0.25) is 6.29 Å². The molecule has 274 valence electrons. The molecule has 0 radical (unpaired) electrons. The fraction of sp³-hybridized carbons (Fsp3) is 0.289. The first-order valence-electron chi connectivity index (χ1n) is 16.8. The molecular weight excluding hydrogens is 747 g/mol. The fourth-order valence-electron chi connectivity index (χ4n) is 7.68. The average molecular weight is 780 g/mol. The van der Waals surface area contributed by atoms with E-state index in [0.717, 1.165) is 27.8 Å². The molecule has 0 aliphatic carbocycles. The molecule has 3 aliphatic heterocycles. The van der Waals surface area contributed by atoms with Crippen molar-refractivity contribution in [1.29, 1.82) is 0 Å². The number of carboxylic acids is 1. The predicted octanol–water partition coefficient (Wildman–Crippen LogP) is 5.00. The predicted molar refractivity (Wildman–Crippen MR) is 199 cm³/mol. The van der Waals surface area contributed by atoms with E-state index in [9.17, 15) is 39.9 Å². The number of carbonyl (C=O) groups is 3. The number of carboxylic acid groups (broad SMARTS) is 1. The Morgan fingerprint density at radius 2 is 1.25 bits per heavy atom. The van der Waals surface area contributed by atoms with Gasteiger partial charge >= 0.3 is 5.97 Å². The molecular formula is C38H32Cl2N2O10S. The van der Waals surface area contributed by atoms with Crippen LogP contribution in [0.25, 0.3) is 21.5 Å². The summed E-state index contributed by atoms with van der Waals surface area (Å²) >= 11 is 13.9. The lowest BCUT2D eigenvalue weighted by atomic mass is 9.95. The minimum absolute atomic E-state index is 0.0480. The molecule has 4 aromatic carbocycles. The van der Waals surface area contributed by atoms with E-state index < -0.39 is 42.6 Å². The van der Waals surface area contributed by atoms with Crippen molar-refractivity contribution in [3.8, 4) is 11.5 Å². The van der Waals surface area contributed by atoms with E-state index in [0.29, 0.717) is 39.0 Å². The van der Waals surface area contributed by atoms with E-state index >= 15 is 0 Å². The van der Waals surface area contributed by atoms with Crippen molar-refractivity contribution in [3.63, 3.8) is 0 Å². The van der Waals surface area contributed by atoms with Gasteiger partial charge in [0, 0.05) is 59.6 Å². The Hall–Kier alpha value is -4.47. The molecule has 53 heavy (non-hydrogen) atoms. The number of aromatic hydroxyl groups is 1. The number of aliphatic carboxylic acids is 1. The number of hydrogen-bond donors (Lipinski definition) is 5. The van der Waals surface area contributed by atoms with E-state index in [1.807, 2.05) is 30.3 Å². The van der Waals surface area contributed by atoms with Gasteiger partial charge in [-0.1, -0.05) is 48.5 Å². The first kappa shape index (κ1) is 35.6. The molecule has 3 aliphatic rings. The van der Waals surface area contributed by atoms with Crippen LogP contribution < -0.4 is 14.5 Å². The summed E-state index contributed by atoms with van der Waals surface area (Å²) in [6, 6.07) is 20.9. The van der Waals surface area contributed by atoms with E-state index in [1.54, 1.807) is 47.4 Å². The molecule has 7 atom stereocenters. The second kappa shape index (κ2) is 13.7. The highest BCUT2D eigenvalue weighted by Gasteiger charge is 2.48. The number of benzene rings is 4. The zero-order valence-electron chi connectivity index (χ0n) is 27.6. The van der Waals surface area contributed by atoms with Gasteiger partial charge in [0.05, 0.1) is 21.1 Å². The number of carbonyl (C=O) groups excluding carboxylic acids is 2. The number of aliphatic hydroxyl groups is 3. The maximum Gasteiger partial charge on any atom is 0.335 e. The van der Waals surface area contributed by atoms with E-state index in [2.05, 4.69) is 0 Å². The molecule has 4 heterocycles. The highest BCUT2D eigenvalue weighted by Crippen LogP contribution is 2.48. The number of phenols is 1. The van der Waals surface area contributed by atoms with Gasteiger partial charge in [-0.3, -0.25) is 9.59 Å². The molecule has 8 rings (SSSR count). The topological polar surface area (TPSA) is 177 Å². The number of phenolic OH excluding ortho intramolecular Hbond substituents is 1. The van der Waals surface area contributed by atoms with Crippen LogP contribution in [0, 0.1) is 0 Å². The van der Waals surface area contributed by atoms with Crippen LogP contribution >= 0.6 is 34.5 Å². The summed E-state index contributed by atoms with van der Waals surface area (Å²) in [5.41, 5.74) is 2.69. The largest absolute Gasteiger partial charge is 0.507 e. The van der Waals surface area contributed by atoms with E-state index in [1.165, 1.54) is 4.90 Å². The number of ether oxygens (including phenoxy) is 2. The summed E-state index contributed by atoms with van der Waals surface area (Å²) < 4.78 is 11.4. The number of nitrogens with zero attached hydrogens (tertiary/aromatic N) is 2. The number of thiophene rings is 1. The summed E-state index contributed by atoms with van der Waals surface area (Å²) in [6.07, 6.45) is -9.11. The van der Waals surface area contributed by atoms with Gasteiger partial charge in [-0.05, 0) is 34.0 Å². The van der Waals surface area contributed by atoms with Crippen molar-refractivity contribution in [1.82, 2.24) is 0 Å². The zero-order valence-corrected chi connectivity index (χ0v) is 30.0. The molecule has 5 unspecified atom stereocenters. The quantitative estimate of drug-likeness (QED) is 0.141. The molecule has 2 amide bonds. The van der Waals surface area contributed by atoms with Gasteiger partial charge in [0.25, 0.3) is 11.8 Å². The molecule has 1 aromatic heterocycles. The third-order valence-electron chi connectivity index (χ3n) is 10.2. The lowest BCUT2D eigenvalue weighted by molar-refractivity contribution is -0.270. The highest BCUT2D eigenvalue weighted by molar-refractivity contribution is 7.16. The minimum Gasteiger partial charge on any atom is -0.507 e. The van der Waals surface area contributed by atoms with Crippen LogP contribution in [0.2, 0.25) is 0 Å². The number of aliphatic hydroxyl groups excluding tert-OH is 3. The van der Waals surface area contributed by atoms with Crippen LogP contribution in [0.4, 0.5) is 11.4 Å². The molecule has 0 saturated carbocycles. The second-order valence-corrected chi connectivity index (χ2v) is 15.0. The van der Waals surface area contributed by atoms with Crippen molar-refractivity contribution < 1.29 is 49.4 Å². The van der Waals surface area contributed by atoms with Gasteiger partial charge in [0.1, 0.15) is 29.8 Å². The summed E-state index contributed by atoms with van der Waals surface area (Å²) in [4.78, 5) is 43.8. The Bertz CT molecular complexity index is 2300. The third-order valence-corrected chi connectivity index (χ3v) is 12.0. The van der Waals surface area contributed by atoms with Crippen LogP contribution in [0.15, 0.2) is 72.8 Å². The monoisotopic (exact) mass is 778 g/mol. The van der Waals surface area contributed by atoms with Crippen molar-refractivity contribution in [2.24, 2.45) is 0 Å². The maximum atomic E-state index is 14.3. The molecule has 12 nitrogen and oxygen atoms in total. The molecule has 15 heteroatoms. The van der Waals surface area contributed by atoms with Crippen molar-refractivity contribution in [3.05, 3.63) is 93.7 Å². The van der Waals surface area contributed by atoms with Gasteiger partial charge in [-0.2, -0.15) is 0 Å². The standard InChI is InChI=1S/C38H32Cl2N2O10S/c39-13-17-15-41(23-11-25(43)19-5-1-3-7-21(19)29(17)23)35(47)27-9-10-28(53-27)36(48)42-16-18(14-40)30-22-8-4-2-6-20(22)26(12-24(30)42)51-38-33(46)31(44)32(45)34(52-38)37(49)50/h1-12,17-18,31-34,38,43-46H,13-16H2,(H,49,50)/t17-,18-,31?,32?,33?,34?,38?/m1/s1. The number of alkyl halides is 2. The minimum atomic E-state index is -1.90. The Morgan fingerprint density at radius 3 is 1.79 bits per heavy atom. The van der Waals surface area contributed by atoms with Crippen LogP contribution in [0.5, 0.6) is 11.5 Å².